The van der Waals surface area contributed by atoms with Gasteiger partial charge < -0.3 is 14.8 Å². The van der Waals surface area contributed by atoms with Gasteiger partial charge in [-0.25, -0.2) is 4.98 Å². The van der Waals surface area contributed by atoms with E-state index >= 15 is 0 Å². The van der Waals surface area contributed by atoms with Gasteiger partial charge in [0, 0.05) is 37.4 Å². The number of hydrogen-bond donors (Lipinski definition) is 1. The predicted molar refractivity (Wildman–Crippen MR) is 83.9 cm³/mol. The van der Waals surface area contributed by atoms with Crippen LogP contribution in [0.2, 0.25) is 0 Å². The molecule has 1 saturated carbocycles. The highest BCUT2D eigenvalue weighted by Gasteiger charge is 2.43. The van der Waals surface area contributed by atoms with Gasteiger partial charge in [-0.2, -0.15) is 0 Å². The zero-order chi connectivity index (χ0) is 14.6. The molecule has 0 amide bonds. The average molecular weight is 278 g/mol. The Morgan fingerprint density at radius 2 is 2.10 bits per heavy atom. The third-order valence-corrected chi connectivity index (χ3v) is 4.96. The van der Waals surface area contributed by atoms with Gasteiger partial charge in [-0.15, -0.1) is 0 Å². The van der Waals surface area contributed by atoms with E-state index in [1.165, 1.54) is 37.9 Å². The lowest BCUT2D eigenvalue weighted by Crippen LogP contribution is -2.58. The van der Waals surface area contributed by atoms with Gasteiger partial charge >= 0.3 is 0 Å². The molecule has 0 saturated heterocycles. The summed E-state index contributed by atoms with van der Waals surface area (Å²) in [4.78, 5) is 6.98. The monoisotopic (exact) mass is 278 g/mol. The summed E-state index contributed by atoms with van der Waals surface area (Å²) in [5.41, 5.74) is 0.293. The number of likely N-dealkylation sites (N-methyl/N-ethyl adjacent to an activating group) is 1. The Bertz CT molecular complexity index is 404. The van der Waals surface area contributed by atoms with Crippen LogP contribution in [-0.4, -0.2) is 46.7 Å². The third kappa shape index (κ3) is 3.07. The quantitative estimate of drug-likeness (QED) is 0.830. The number of imidazole rings is 1. The Labute approximate surface area is 123 Å². The van der Waals surface area contributed by atoms with Crippen LogP contribution in [-0.2, 0) is 13.5 Å². The molecule has 1 aliphatic rings. The van der Waals surface area contributed by atoms with Gasteiger partial charge in [-0.05, 0) is 39.9 Å². The fraction of sp³-hybridized carbons (Fsp3) is 0.812. The normalized spacial score (nSPS) is 19.6. The lowest BCUT2D eigenvalue weighted by molar-refractivity contribution is 0.103. The van der Waals surface area contributed by atoms with Gasteiger partial charge in [-0.1, -0.05) is 19.8 Å². The minimum Gasteiger partial charge on any atom is -0.338 e. The molecule has 1 N–H and O–H groups in total. The van der Waals surface area contributed by atoms with Gasteiger partial charge in [0.05, 0.1) is 0 Å². The van der Waals surface area contributed by atoms with E-state index in [1.54, 1.807) is 0 Å². The van der Waals surface area contributed by atoms with Crippen molar-refractivity contribution >= 4 is 0 Å². The van der Waals surface area contributed by atoms with Crippen molar-refractivity contribution in [3.8, 4) is 0 Å². The molecule has 0 aromatic carbocycles. The highest BCUT2D eigenvalue weighted by molar-refractivity contribution is 5.07. The fourth-order valence-electron chi connectivity index (χ4n) is 3.64. The van der Waals surface area contributed by atoms with Gasteiger partial charge in [0.15, 0.2) is 0 Å². The molecule has 0 bridgehead atoms. The van der Waals surface area contributed by atoms with Crippen LogP contribution >= 0.6 is 0 Å². The fourth-order valence-corrected chi connectivity index (χ4v) is 3.64. The van der Waals surface area contributed by atoms with Crippen LogP contribution in [0.15, 0.2) is 12.4 Å². The number of aryl methyl sites for hydroxylation is 1. The molecule has 1 heterocycles. The third-order valence-electron chi connectivity index (χ3n) is 4.96. The van der Waals surface area contributed by atoms with Crippen LogP contribution in [0.4, 0.5) is 0 Å². The van der Waals surface area contributed by atoms with E-state index in [0.29, 0.717) is 11.6 Å². The highest BCUT2D eigenvalue weighted by Crippen LogP contribution is 2.37. The Kier molecular flexibility index (Phi) is 5.22. The van der Waals surface area contributed by atoms with Crippen molar-refractivity contribution in [3.05, 3.63) is 18.2 Å². The molecule has 1 fully saturated rings. The Morgan fingerprint density at radius 3 is 2.60 bits per heavy atom. The smallest absolute Gasteiger partial charge is 0.109 e. The molecule has 1 aliphatic carbocycles. The highest BCUT2D eigenvalue weighted by atomic mass is 15.2. The molecule has 4 nitrogen and oxygen atoms in total. The predicted octanol–water partition coefficient (Wildman–Crippen LogP) is 2.21. The van der Waals surface area contributed by atoms with Crippen LogP contribution in [0.5, 0.6) is 0 Å². The van der Waals surface area contributed by atoms with Crippen molar-refractivity contribution in [2.24, 2.45) is 7.05 Å². The minimum atomic E-state index is 0.293. The maximum atomic E-state index is 4.53. The Balaban J connectivity index is 2.19. The van der Waals surface area contributed by atoms with Crippen molar-refractivity contribution < 1.29 is 0 Å². The van der Waals surface area contributed by atoms with Crippen LogP contribution in [0.25, 0.3) is 0 Å². The second-order valence-corrected chi connectivity index (χ2v) is 6.37. The molecule has 0 spiro atoms. The van der Waals surface area contributed by atoms with Gasteiger partial charge in [0.2, 0.25) is 0 Å². The molecule has 1 aromatic heterocycles. The number of nitrogens with zero attached hydrogens (tertiary/aromatic N) is 3. The maximum Gasteiger partial charge on any atom is 0.109 e. The first-order chi connectivity index (χ1) is 9.60. The Morgan fingerprint density at radius 1 is 1.40 bits per heavy atom. The summed E-state index contributed by atoms with van der Waals surface area (Å²) in [6.07, 6.45) is 11.4. The molecule has 1 atom stereocenters. The standard InChI is InChI=1S/C16H30N4/c1-5-10-17-14(13-15-18-11-12-20(15)4)16(19(2)3)8-6-7-9-16/h11-12,14,17H,5-10,13H2,1-4H3. The largest absolute Gasteiger partial charge is 0.338 e. The number of hydrogen-bond acceptors (Lipinski definition) is 3. The van der Waals surface area contributed by atoms with Gasteiger partial charge in [0.1, 0.15) is 5.82 Å². The van der Waals surface area contributed by atoms with Gasteiger partial charge in [-0.3, -0.25) is 0 Å². The number of aromatic nitrogens is 2. The molecule has 114 valence electrons. The second-order valence-electron chi connectivity index (χ2n) is 6.37. The topological polar surface area (TPSA) is 33.1 Å². The summed E-state index contributed by atoms with van der Waals surface area (Å²) in [5.74, 6) is 1.19. The average Bonchev–Trinajstić information content (AvgIpc) is 3.04. The summed E-state index contributed by atoms with van der Waals surface area (Å²) >= 11 is 0. The van der Waals surface area contributed by atoms with E-state index < -0.39 is 0 Å². The lowest BCUT2D eigenvalue weighted by atomic mass is 9.84. The van der Waals surface area contributed by atoms with E-state index in [9.17, 15) is 0 Å². The van der Waals surface area contributed by atoms with E-state index in [-0.39, 0.29) is 0 Å². The second kappa shape index (κ2) is 6.72. The zero-order valence-corrected chi connectivity index (χ0v) is 13.5. The Hall–Kier alpha value is -0.870. The molecule has 0 aliphatic heterocycles. The van der Waals surface area contributed by atoms with Crippen LogP contribution in [0, 0.1) is 0 Å². The lowest BCUT2D eigenvalue weighted by Gasteiger charge is -2.43. The van der Waals surface area contributed by atoms with Crippen molar-refractivity contribution in [1.82, 2.24) is 19.8 Å². The van der Waals surface area contributed by atoms with Crippen LogP contribution in [0.3, 0.4) is 0 Å². The molecule has 2 rings (SSSR count). The molecule has 0 radical (unpaired) electrons. The summed E-state index contributed by atoms with van der Waals surface area (Å²) in [7, 11) is 6.57. The van der Waals surface area contributed by atoms with E-state index in [4.69, 9.17) is 0 Å². The van der Waals surface area contributed by atoms with E-state index in [0.717, 1.165) is 13.0 Å². The molecule has 1 unspecified atom stereocenters. The molecular weight excluding hydrogens is 248 g/mol. The first kappa shape index (κ1) is 15.5. The van der Waals surface area contributed by atoms with Gasteiger partial charge in [0.25, 0.3) is 0 Å². The summed E-state index contributed by atoms with van der Waals surface area (Å²) in [6, 6.07) is 0.487. The van der Waals surface area contributed by atoms with Crippen molar-refractivity contribution in [3.63, 3.8) is 0 Å². The molecule has 20 heavy (non-hydrogen) atoms. The van der Waals surface area contributed by atoms with Crippen molar-refractivity contribution in [2.75, 3.05) is 20.6 Å². The van der Waals surface area contributed by atoms with E-state index in [2.05, 4.69) is 47.8 Å². The first-order valence-corrected chi connectivity index (χ1v) is 7.97. The van der Waals surface area contributed by atoms with Crippen LogP contribution in [0.1, 0.15) is 44.9 Å². The minimum absolute atomic E-state index is 0.293. The van der Waals surface area contributed by atoms with E-state index in [1.807, 2.05) is 12.4 Å². The molecule has 4 heteroatoms. The summed E-state index contributed by atoms with van der Waals surface area (Å²) in [5, 5.41) is 3.80. The van der Waals surface area contributed by atoms with Crippen molar-refractivity contribution in [2.45, 2.75) is 57.0 Å². The first-order valence-electron chi connectivity index (χ1n) is 7.97. The molecular formula is C16H30N4. The molecule has 1 aromatic rings. The summed E-state index contributed by atoms with van der Waals surface area (Å²) < 4.78 is 2.15. The zero-order valence-electron chi connectivity index (χ0n) is 13.5. The number of rotatable bonds is 7. The van der Waals surface area contributed by atoms with Crippen LogP contribution < -0.4 is 5.32 Å². The van der Waals surface area contributed by atoms with Crippen molar-refractivity contribution in [1.29, 1.82) is 0 Å². The SMILES string of the molecule is CCCNC(Cc1nccn1C)C1(N(C)C)CCCC1. The number of nitrogens with one attached hydrogen (secondary N) is 1. The maximum absolute atomic E-state index is 4.53. The summed E-state index contributed by atoms with van der Waals surface area (Å²) in [6.45, 7) is 3.33.